The quantitative estimate of drug-likeness (QED) is 0.0261. The number of allylic oxidation sites excluding steroid dienone is 20. The molecule has 0 fully saturated rings. The maximum Gasteiger partial charge on any atom is 0.306 e. The number of hydrogen-bond donors (Lipinski definition) is 0. The zero-order chi connectivity index (χ0) is 51.4. The summed E-state index contributed by atoms with van der Waals surface area (Å²) in [5.74, 6) is -0.943. The summed E-state index contributed by atoms with van der Waals surface area (Å²) in [6.07, 6.45) is 81.0. The Morgan fingerprint density at radius 2 is 0.549 bits per heavy atom. The third kappa shape index (κ3) is 56.6. The predicted octanol–water partition coefficient (Wildman–Crippen LogP) is 19.6. The van der Waals surface area contributed by atoms with Crippen molar-refractivity contribution in [1.82, 2.24) is 0 Å². The fourth-order valence-corrected chi connectivity index (χ4v) is 7.67. The van der Waals surface area contributed by atoms with Crippen molar-refractivity contribution in [2.45, 2.75) is 258 Å². The third-order valence-electron chi connectivity index (χ3n) is 12.0. The van der Waals surface area contributed by atoms with Gasteiger partial charge in [0.15, 0.2) is 6.10 Å². The molecule has 6 heteroatoms. The lowest BCUT2D eigenvalue weighted by molar-refractivity contribution is -0.167. The Morgan fingerprint density at radius 3 is 0.873 bits per heavy atom. The molecule has 0 aliphatic heterocycles. The van der Waals surface area contributed by atoms with E-state index in [-0.39, 0.29) is 37.5 Å². The van der Waals surface area contributed by atoms with Gasteiger partial charge in [0.25, 0.3) is 0 Å². The number of unbranched alkanes of at least 4 members (excludes halogenated alkanes) is 20. The van der Waals surface area contributed by atoms with Gasteiger partial charge < -0.3 is 14.2 Å². The molecule has 0 saturated heterocycles. The zero-order valence-electron chi connectivity index (χ0n) is 45.9. The lowest BCUT2D eigenvalue weighted by Gasteiger charge is -2.18. The molecular weight excluding hydrogens is 877 g/mol. The highest BCUT2D eigenvalue weighted by Gasteiger charge is 2.19. The molecule has 0 aromatic carbocycles. The molecule has 0 aliphatic carbocycles. The van der Waals surface area contributed by atoms with Crippen molar-refractivity contribution < 1.29 is 28.6 Å². The summed E-state index contributed by atoms with van der Waals surface area (Å²) < 4.78 is 16.7. The summed E-state index contributed by atoms with van der Waals surface area (Å²) in [6, 6.07) is 0. The highest BCUT2D eigenvalue weighted by atomic mass is 16.6. The van der Waals surface area contributed by atoms with Crippen LogP contribution in [0.2, 0.25) is 0 Å². The third-order valence-corrected chi connectivity index (χ3v) is 12.0. The molecule has 402 valence electrons. The molecule has 0 radical (unpaired) electrons. The van der Waals surface area contributed by atoms with Gasteiger partial charge in [0, 0.05) is 19.3 Å². The van der Waals surface area contributed by atoms with Crippen molar-refractivity contribution in [3.8, 4) is 0 Å². The maximum absolute atomic E-state index is 12.8. The van der Waals surface area contributed by atoms with Gasteiger partial charge >= 0.3 is 17.9 Å². The minimum absolute atomic E-state index is 0.0937. The van der Waals surface area contributed by atoms with Crippen LogP contribution in [0, 0.1) is 0 Å². The molecule has 0 amide bonds. The Labute approximate surface area is 437 Å². The molecule has 0 heterocycles. The SMILES string of the molecule is CC/C=C\C/C=C\C/C=C\C/C=C\C/C=C\CCCCCCCCCCCCCCCC(=O)OCC(COC(=O)CCCCCCC)OC(=O)CCCCC/C=C\C/C=C\C/C=C\C/C=C\C/C=C\CC. The van der Waals surface area contributed by atoms with Crippen molar-refractivity contribution in [2.24, 2.45) is 0 Å². The summed E-state index contributed by atoms with van der Waals surface area (Å²) >= 11 is 0. The van der Waals surface area contributed by atoms with E-state index in [1.165, 1.54) is 70.6 Å². The first-order valence-electron chi connectivity index (χ1n) is 29.0. The molecule has 1 atom stereocenters. The first-order valence-corrected chi connectivity index (χ1v) is 29.0. The van der Waals surface area contributed by atoms with Gasteiger partial charge in [-0.05, 0) is 109 Å². The molecule has 6 nitrogen and oxygen atoms in total. The standard InChI is InChI=1S/C65H106O6/c1-4-7-10-13-15-17-19-21-23-25-27-28-29-30-31-32-33-34-35-36-38-39-41-43-45-47-49-52-55-58-64(67)70-61-62(60-69-63(66)57-54-51-12-9-6-3)71-65(68)59-56-53-50-48-46-44-42-40-37-26-24-22-20-18-16-14-11-8-5-2/h7-8,10-11,15-18,21-24,27-28,30-31,37,40,44,46,62H,4-6,9,12-14,19-20,25-26,29,32-36,38-39,41-43,45,47-61H2,1-3H3/b10-7-,11-8-,17-15-,18-16-,23-21-,24-22-,28-27-,31-30-,40-37-,46-44-. The molecule has 71 heavy (non-hydrogen) atoms. The van der Waals surface area contributed by atoms with Crippen LogP contribution in [-0.4, -0.2) is 37.2 Å². The second kappa shape index (κ2) is 58.4. The Hall–Kier alpha value is -4.19. The number of carbonyl (C=O) groups is 3. The lowest BCUT2D eigenvalue weighted by atomic mass is 10.0. The van der Waals surface area contributed by atoms with Crippen LogP contribution >= 0.6 is 0 Å². The minimum atomic E-state index is -0.794. The van der Waals surface area contributed by atoms with E-state index >= 15 is 0 Å². The van der Waals surface area contributed by atoms with Gasteiger partial charge in [-0.25, -0.2) is 0 Å². The van der Waals surface area contributed by atoms with E-state index in [1.807, 2.05) is 0 Å². The molecule has 1 unspecified atom stereocenters. The van der Waals surface area contributed by atoms with E-state index in [2.05, 4.69) is 142 Å². The first kappa shape index (κ1) is 66.8. The van der Waals surface area contributed by atoms with Crippen LogP contribution in [0.5, 0.6) is 0 Å². The van der Waals surface area contributed by atoms with Gasteiger partial charge in [-0.1, -0.05) is 245 Å². The fourth-order valence-electron chi connectivity index (χ4n) is 7.67. The smallest absolute Gasteiger partial charge is 0.306 e. The minimum Gasteiger partial charge on any atom is -0.462 e. The van der Waals surface area contributed by atoms with E-state index in [4.69, 9.17) is 14.2 Å². The van der Waals surface area contributed by atoms with Crippen molar-refractivity contribution in [3.05, 3.63) is 122 Å². The van der Waals surface area contributed by atoms with Gasteiger partial charge in [-0.2, -0.15) is 0 Å². The average Bonchev–Trinajstić information content (AvgIpc) is 3.37. The van der Waals surface area contributed by atoms with Crippen molar-refractivity contribution in [1.29, 1.82) is 0 Å². The van der Waals surface area contributed by atoms with Crippen LogP contribution in [0.1, 0.15) is 252 Å². The van der Waals surface area contributed by atoms with Crippen molar-refractivity contribution in [3.63, 3.8) is 0 Å². The largest absolute Gasteiger partial charge is 0.462 e. The topological polar surface area (TPSA) is 78.9 Å². The summed E-state index contributed by atoms with van der Waals surface area (Å²) in [7, 11) is 0. The van der Waals surface area contributed by atoms with E-state index < -0.39 is 6.10 Å². The molecule has 0 N–H and O–H groups in total. The Morgan fingerprint density at radius 1 is 0.296 bits per heavy atom. The fraction of sp³-hybridized carbons (Fsp3) is 0.646. The van der Waals surface area contributed by atoms with Crippen LogP contribution in [0.3, 0.4) is 0 Å². The van der Waals surface area contributed by atoms with Crippen LogP contribution < -0.4 is 0 Å². The van der Waals surface area contributed by atoms with E-state index in [0.29, 0.717) is 12.8 Å². The van der Waals surface area contributed by atoms with E-state index in [9.17, 15) is 14.4 Å². The summed E-state index contributed by atoms with van der Waals surface area (Å²) in [5, 5.41) is 0. The molecule has 0 saturated carbocycles. The highest BCUT2D eigenvalue weighted by Crippen LogP contribution is 2.15. The zero-order valence-corrected chi connectivity index (χ0v) is 45.9. The molecule has 0 spiro atoms. The number of carbonyl (C=O) groups excluding carboxylic acids is 3. The molecule has 0 aromatic heterocycles. The number of rotatable bonds is 51. The molecule has 0 rings (SSSR count). The normalized spacial score (nSPS) is 13.0. The molecule has 0 aliphatic rings. The summed E-state index contributed by atoms with van der Waals surface area (Å²) in [4.78, 5) is 37.8. The first-order chi connectivity index (χ1) is 35.0. The van der Waals surface area contributed by atoms with Gasteiger partial charge in [-0.15, -0.1) is 0 Å². The number of ether oxygens (including phenoxy) is 3. The molecular formula is C65H106O6. The number of hydrogen-bond acceptors (Lipinski definition) is 6. The molecule has 0 aromatic rings. The Balaban J connectivity index is 4.11. The van der Waals surface area contributed by atoms with Crippen LogP contribution in [-0.2, 0) is 28.6 Å². The van der Waals surface area contributed by atoms with Crippen LogP contribution in [0.15, 0.2) is 122 Å². The summed E-state index contributed by atoms with van der Waals surface area (Å²) in [6.45, 7) is 6.29. The van der Waals surface area contributed by atoms with Crippen LogP contribution in [0.25, 0.3) is 0 Å². The molecule has 0 bridgehead atoms. The number of esters is 3. The van der Waals surface area contributed by atoms with Gasteiger partial charge in [0.1, 0.15) is 13.2 Å². The second-order valence-electron chi connectivity index (χ2n) is 18.8. The lowest BCUT2D eigenvalue weighted by Crippen LogP contribution is -2.30. The van der Waals surface area contributed by atoms with E-state index in [1.54, 1.807) is 0 Å². The summed E-state index contributed by atoms with van der Waals surface area (Å²) in [5.41, 5.74) is 0. The Kier molecular flexibility index (Phi) is 54.9. The average molecular weight is 984 g/mol. The monoisotopic (exact) mass is 983 g/mol. The Bertz CT molecular complexity index is 1500. The van der Waals surface area contributed by atoms with Crippen molar-refractivity contribution >= 4 is 17.9 Å². The van der Waals surface area contributed by atoms with Crippen molar-refractivity contribution in [2.75, 3.05) is 13.2 Å². The van der Waals surface area contributed by atoms with Gasteiger partial charge in [0.05, 0.1) is 0 Å². The maximum atomic E-state index is 12.8. The van der Waals surface area contributed by atoms with Gasteiger partial charge in [0.2, 0.25) is 0 Å². The highest BCUT2D eigenvalue weighted by molar-refractivity contribution is 5.71. The van der Waals surface area contributed by atoms with E-state index in [0.717, 1.165) is 141 Å². The van der Waals surface area contributed by atoms with Crippen LogP contribution in [0.4, 0.5) is 0 Å². The predicted molar refractivity (Wildman–Crippen MR) is 306 cm³/mol. The van der Waals surface area contributed by atoms with Gasteiger partial charge in [-0.3, -0.25) is 14.4 Å². The second-order valence-corrected chi connectivity index (χ2v) is 18.8.